The first-order chi connectivity index (χ1) is 11.6. The van der Waals surface area contributed by atoms with Gasteiger partial charge in [0, 0.05) is 12.1 Å². The highest BCUT2D eigenvalue weighted by Gasteiger charge is 2.18. The minimum Gasteiger partial charge on any atom is -0.497 e. The number of hydrogen-bond acceptors (Lipinski definition) is 2. The molecule has 0 fully saturated rings. The van der Waals surface area contributed by atoms with Gasteiger partial charge in [0.15, 0.2) is 5.11 Å². The van der Waals surface area contributed by atoms with E-state index in [9.17, 15) is 0 Å². The van der Waals surface area contributed by atoms with Gasteiger partial charge in [0.1, 0.15) is 11.8 Å². The van der Waals surface area contributed by atoms with Crippen LogP contribution in [0.2, 0.25) is 0 Å². The third kappa shape index (κ3) is 5.51. The van der Waals surface area contributed by atoms with E-state index in [1.54, 1.807) is 7.11 Å². The van der Waals surface area contributed by atoms with Crippen molar-refractivity contribution in [3.63, 3.8) is 0 Å². The van der Waals surface area contributed by atoms with Crippen LogP contribution in [0.1, 0.15) is 17.2 Å². The molecule has 0 bridgehead atoms. The molecule has 2 rings (SSSR count). The van der Waals surface area contributed by atoms with Gasteiger partial charge in [0.25, 0.3) is 0 Å². The summed E-state index contributed by atoms with van der Waals surface area (Å²) in [6.07, 6.45) is 0. The third-order valence-electron chi connectivity index (χ3n) is 3.96. The number of rotatable bonds is 7. The molecule has 0 unspecified atom stereocenters. The molecule has 0 radical (unpaired) electrons. The van der Waals surface area contributed by atoms with Gasteiger partial charge in [-0.15, -0.1) is 0 Å². The van der Waals surface area contributed by atoms with Crippen molar-refractivity contribution < 1.29 is 9.64 Å². The summed E-state index contributed by atoms with van der Waals surface area (Å²) in [7, 11) is 5.98. The fourth-order valence-electron chi connectivity index (χ4n) is 2.55. The monoisotopic (exact) mass is 344 g/mol. The lowest BCUT2D eigenvalue weighted by molar-refractivity contribution is -0.890. The first kappa shape index (κ1) is 18.2. The van der Waals surface area contributed by atoms with E-state index in [4.69, 9.17) is 17.0 Å². The molecule has 1 atom stereocenters. The van der Waals surface area contributed by atoms with Crippen molar-refractivity contribution in [3.8, 4) is 5.75 Å². The van der Waals surface area contributed by atoms with Crippen LogP contribution in [0.4, 0.5) is 0 Å². The molecule has 0 saturated carbocycles. The lowest BCUT2D eigenvalue weighted by Crippen LogP contribution is -3.07. The average Bonchev–Trinajstić information content (AvgIpc) is 2.61. The van der Waals surface area contributed by atoms with E-state index in [0.717, 1.165) is 18.8 Å². The Morgan fingerprint density at radius 1 is 1.08 bits per heavy atom. The highest BCUT2D eigenvalue weighted by molar-refractivity contribution is 7.80. The van der Waals surface area contributed by atoms with Crippen molar-refractivity contribution >= 4 is 17.3 Å². The minimum absolute atomic E-state index is 0.288. The van der Waals surface area contributed by atoms with E-state index in [1.807, 2.05) is 30.3 Å². The third-order valence-corrected chi connectivity index (χ3v) is 4.24. The van der Waals surface area contributed by atoms with Crippen LogP contribution in [0.25, 0.3) is 0 Å². The molecule has 0 aliphatic rings. The summed E-state index contributed by atoms with van der Waals surface area (Å²) in [5.41, 5.74) is 2.44. The number of thiocarbonyl (C=S) groups is 1. The predicted octanol–water partition coefficient (Wildman–Crippen LogP) is 1.55. The van der Waals surface area contributed by atoms with Crippen LogP contribution < -0.4 is 20.3 Å². The number of likely N-dealkylation sites (N-methyl/N-ethyl adjacent to an activating group) is 1. The maximum Gasteiger partial charge on any atom is 0.166 e. The summed E-state index contributed by atoms with van der Waals surface area (Å²) in [6.45, 7) is 1.49. The molecule has 4 nitrogen and oxygen atoms in total. The SMILES string of the molecule is COc1cccc([C@@H](CNC(=S)NCc2ccccc2)[NH+](C)C)c1. The molecule has 2 aromatic carbocycles. The van der Waals surface area contributed by atoms with Gasteiger partial charge in [-0.25, -0.2) is 0 Å². The van der Waals surface area contributed by atoms with Crippen LogP contribution in [0.15, 0.2) is 54.6 Å². The van der Waals surface area contributed by atoms with E-state index in [1.165, 1.54) is 16.0 Å². The highest BCUT2D eigenvalue weighted by atomic mass is 32.1. The van der Waals surface area contributed by atoms with E-state index < -0.39 is 0 Å². The van der Waals surface area contributed by atoms with Gasteiger partial charge < -0.3 is 20.3 Å². The Kier molecular flexibility index (Phi) is 7.03. The Labute approximate surface area is 149 Å². The molecule has 5 heteroatoms. The highest BCUT2D eigenvalue weighted by Crippen LogP contribution is 2.16. The molecule has 3 N–H and O–H groups in total. The Morgan fingerprint density at radius 3 is 2.50 bits per heavy atom. The second-order valence-electron chi connectivity index (χ2n) is 5.96. The van der Waals surface area contributed by atoms with Gasteiger partial charge in [-0.3, -0.25) is 0 Å². The molecule has 0 saturated heterocycles. The largest absolute Gasteiger partial charge is 0.497 e. The standard InChI is InChI=1S/C19H25N3OS/c1-22(2)18(16-10-7-11-17(12-16)23-3)14-21-19(24)20-13-15-8-5-4-6-9-15/h4-12,18H,13-14H2,1-3H3,(H2,20,21,24)/p+1/t18-/m1/s1. The minimum atomic E-state index is 0.288. The Hall–Kier alpha value is -2.11. The average molecular weight is 345 g/mol. The van der Waals surface area contributed by atoms with Crippen LogP contribution in [0.5, 0.6) is 5.75 Å². The molecule has 0 amide bonds. The van der Waals surface area contributed by atoms with E-state index in [0.29, 0.717) is 5.11 Å². The molecular formula is C19H26N3OS+. The zero-order chi connectivity index (χ0) is 17.4. The fourth-order valence-corrected chi connectivity index (χ4v) is 2.70. The first-order valence-electron chi connectivity index (χ1n) is 8.09. The number of ether oxygens (including phenoxy) is 1. The van der Waals surface area contributed by atoms with Gasteiger partial charge in [-0.1, -0.05) is 42.5 Å². The lowest BCUT2D eigenvalue weighted by Gasteiger charge is -2.23. The van der Waals surface area contributed by atoms with Crippen molar-refractivity contribution in [1.29, 1.82) is 0 Å². The van der Waals surface area contributed by atoms with Gasteiger partial charge in [0.05, 0.1) is 27.7 Å². The summed E-state index contributed by atoms with van der Waals surface area (Å²) in [5, 5.41) is 7.26. The van der Waals surface area contributed by atoms with E-state index in [-0.39, 0.29) is 6.04 Å². The van der Waals surface area contributed by atoms with Gasteiger partial charge in [0.2, 0.25) is 0 Å². The zero-order valence-corrected chi connectivity index (χ0v) is 15.3. The van der Waals surface area contributed by atoms with Crippen molar-refractivity contribution in [1.82, 2.24) is 10.6 Å². The number of benzene rings is 2. The van der Waals surface area contributed by atoms with Gasteiger partial charge in [-0.2, -0.15) is 0 Å². The quantitative estimate of drug-likeness (QED) is 0.666. The molecule has 2 aromatic rings. The molecule has 0 aromatic heterocycles. The molecule has 24 heavy (non-hydrogen) atoms. The van der Waals surface area contributed by atoms with Crippen molar-refractivity contribution in [2.45, 2.75) is 12.6 Å². The van der Waals surface area contributed by atoms with Gasteiger partial charge in [-0.05, 0) is 29.9 Å². The smallest absolute Gasteiger partial charge is 0.166 e. The summed E-state index contributed by atoms with van der Waals surface area (Å²) < 4.78 is 5.33. The van der Waals surface area contributed by atoms with E-state index >= 15 is 0 Å². The summed E-state index contributed by atoms with van der Waals surface area (Å²) in [5.74, 6) is 0.878. The Balaban J connectivity index is 1.90. The van der Waals surface area contributed by atoms with Crippen LogP contribution in [-0.2, 0) is 6.54 Å². The Morgan fingerprint density at radius 2 is 1.83 bits per heavy atom. The van der Waals surface area contributed by atoms with Crippen LogP contribution in [-0.4, -0.2) is 32.9 Å². The number of quaternary nitrogens is 1. The molecule has 0 aliphatic heterocycles. The van der Waals surface area contributed by atoms with Crippen molar-refractivity contribution in [3.05, 3.63) is 65.7 Å². The molecule has 0 aliphatic carbocycles. The number of nitrogens with one attached hydrogen (secondary N) is 3. The summed E-state index contributed by atoms with van der Waals surface area (Å²) in [4.78, 5) is 1.33. The van der Waals surface area contributed by atoms with Crippen LogP contribution in [0.3, 0.4) is 0 Å². The molecule has 128 valence electrons. The normalized spacial score (nSPS) is 11.8. The Bertz CT molecular complexity index is 646. The van der Waals surface area contributed by atoms with Crippen LogP contribution in [0, 0.1) is 0 Å². The van der Waals surface area contributed by atoms with Gasteiger partial charge >= 0.3 is 0 Å². The number of methoxy groups -OCH3 is 1. The molecular weight excluding hydrogens is 318 g/mol. The van der Waals surface area contributed by atoms with Crippen LogP contribution >= 0.6 is 12.2 Å². The van der Waals surface area contributed by atoms with E-state index in [2.05, 4.69) is 49.0 Å². The zero-order valence-electron chi connectivity index (χ0n) is 14.5. The first-order valence-corrected chi connectivity index (χ1v) is 8.50. The van der Waals surface area contributed by atoms with Crippen molar-refractivity contribution in [2.24, 2.45) is 0 Å². The lowest BCUT2D eigenvalue weighted by atomic mass is 10.1. The maximum atomic E-state index is 5.40. The van der Waals surface area contributed by atoms with Crippen molar-refractivity contribution in [2.75, 3.05) is 27.7 Å². The number of hydrogen-bond donors (Lipinski definition) is 3. The summed E-state index contributed by atoms with van der Waals surface area (Å²) in [6, 6.07) is 18.7. The second-order valence-corrected chi connectivity index (χ2v) is 6.36. The fraction of sp³-hybridized carbons (Fsp3) is 0.316. The predicted molar refractivity (Wildman–Crippen MR) is 102 cm³/mol. The molecule has 0 heterocycles. The second kappa shape index (κ2) is 9.25. The molecule has 0 spiro atoms. The topological polar surface area (TPSA) is 37.7 Å². The maximum absolute atomic E-state index is 5.40. The summed E-state index contributed by atoms with van der Waals surface area (Å²) >= 11 is 5.40.